The molecule has 2 nitrogen and oxygen atoms in total. The molecule has 3 heteroatoms. The van der Waals surface area contributed by atoms with Gasteiger partial charge in [-0.1, -0.05) is 24.6 Å². The summed E-state index contributed by atoms with van der Waals surface area (Å²) in [5.74, 6) is 0.193. The molecular weight excluding hydrogens is 186 g/mol. The van der Waals surface area contributed by atoms with Crippen molar-refractivity contribution in [1.29, 1.82) is 0 Å². The van der Waals surface area contributed by atoms with Gasteiger partial charge in [-0.3, -0.25) is 0 Å². The fraction of sp³-hybridized carbons (Fsp3) is 0.400. The van der Waals surface area contributed by atoms with Crippen LogP contribution in [0.4, 0.5) is 0 Å². The first-order valence-corrected chi connectivity index (χ1v) is 4.74. The monoisotopic (exact) mass is 199 g/mol. The molecule has 0 aromatic heterocycles. The Hall–Kier alpha value is -0.730. The van der Waals surface area contributed by atoms with Crippen LogP contribution in [-0.2, 0) is 6.42 Å². The van der Waals surface area contributed by atoms with Crippen molar-refractivity contribution in [1.82, 2.24) is 0 Å². The first-order chi connectivity index (χ1) is 6.13. The lowest BCUT2D eigenvalue weighted by Crippen LogP contribution is -2.21. The molecule has 0 aliphatic heterocycles. The maximum Gasteiger partial charge on any atom is 0.117 e. The summed E-state index contributed by atoms with van der Waals surface area (Å²) >= 11 is 5.92. The standard InChI is InChI=1S/C10H14ClNO/c1-2-8(12)5-7-3-4-9(13)6-10(7)11/h3-4,6,8,13H,2,5,12H2,1H3. The SMILES string of the molecule is CCC(N)Cc1ccc(O)cc1Cl. The predicted molar refractivity (Wildman–Crippen MR) is 55.1 cm³/mol. The summed E-state index contributed by atoms with van der Waals surface area (Å²) in [4.78, 5) is 0. The lowest BCUT2D eigenvalue weighted by Gasteiger charge is -2.09. The molecule has 0 saturated carbocycles. The van der Waals surface area contributed by atoms with Crippen molar-refractivity contribution < 1.29 is 5.11 Å². The number of benzene rings is 1. The Bertz CT molecular complexity index is 288. The minimum absolute atomic E-state index is 0.141. The fourth-order valence-corrected chi connectivity index (χ4v) is 1.38. The molecule has 1 aromatic carbocycles. The summed E-state index contributed by atoms with van der Waals surface area (Å²) in [5.41, 5.74) is 6.79. The van der Waals surface area contributed by atoms with Gasteiger partial charge in [0, 0.05) is 11.1 Å². The third-order valence-electron chi connectivity index (χ3n) is 2.04. The Morgan fingerprint density at radius 2 is 2.23 bits per heavy atom. The maximum atomic E-state index is 9.11. The molecule has 0 radical (unpaired) electrons. The molecule has 72 valence electrons. The summed E-state index contributed by atoms with van der Waals surface area (Å²) in [6.45, 7) is 2.04. The van der Waals surface area contributed by atoms with E-state index in [0.717, 1.165) is 18.4 Å². The molecule has 0 saturated heterocycles. The smallest absolute Gasteiger partial charge is 0.117 e. The van der Waals surface area contributed by atoms with Gasteiger partial charge in [-0.2, -0.15) is 0 Å². The van der Waals surface area contributed by atoms with Gasteiger partial charge in [0.1, 0.15) is 5.75 Å². The normalized spacial score (nSPS) is 12.8. The molecule has 1 unspecified atom stereocenters. The molecule has 0 fully saturated rings. The minimum Gasteiger partial charge on any atom is -0.508 e. The van der Waals surface area contributed by atoms with E-state index >= 15 is 0 Å². The van der Waals surface area contributed by atoms with Crippen LogP contribution in [0.15, 0.2) is 18.2 Å². The van der Waals surface area contributed by atoms with E-state index in [2.05, 4.69) is 0 Å². The minimum atomic E-state index is 0.141. The van der Waals surface area contributed by atoms with Crippen LogP contribution in [0.2, 0.25) is 5.02 Å². The van der Waals surface area contributed by atoms with Crippen molar-refractivity contribution in [2.75, 3.05) is 0 Å². The highest BCUT2D eigenvalue weighted by Crippen LogP contribution is 2.22. The van der Waals surface area contributed by atoms with Gasteiger partial charge in [-0.05, 0) is 30.5 Å². The Balaban J connectivity index is 2.77. The second-order valence-corrected chi connectivity index (χ2v) is 3.56. The number of phenols is 1. The highest BCUT2D eigenvalue weighted by molar-refractivity contribution is 6.31. The van der Waals surface area contributed by atoms with E-state index in [1.807, 2.05) is 13.0 Å². The lowest BCUT2D eigenvalue weighted by molar-refractivity contribution is 0.475. The van der Waals surface area contributed by atoms with E-state index in [-0.39, 0.29) is 11.8 Å². The summed E-state index contributed by atoms with van der Waals surface area (Å²) in [7, 11) is 0. The second-order valence-electron chi connectivity index (χ2n) is 3.15. The molecule has 1 atom stereocenters. The molecule has 0 spiro atoms. The zero-order chi connectivity index (χ0) is 9.84. The quantitative estimate of drug-likeness (QED) is 0.785. The van der Waals surface area contributed by atoms with Gasteiger partial charge in [0.2, 0.25) is 0 Å². The number of halogens is 1. The third-order valence-corrected chi connectivity index (χ3v) is 2.39. The van der Waals surface area contributed by atoms with E-state index < -0.39 is 0 Å². The van der Waals surface area contributed by atoms with Crippen LogP contribution < -0.4 is 5.73 Å². The van der Waals surface area contributed by atoms with Crippen LogP contribution in [0.3, 0.4) is 0 Å². The van der Waals surface area contributed by atoms with E-state index in [1.54, 1.807) is 12.1 Å². The van der Waals surface area contributed by atoms with Gasteiger partial charge in [0.25, 0.3) is 0 Å². The average molecular weight is 200 g/mol. The van der Waals surface area contributed by atoms with Crippen molar-refractivity contribution in [2.45, 2.75) is 25.8 Å². The van der Waals surface area contributed by atoms with Crippen molar-refractivity contribution >= 4 is 11.6 Å². The zero-order valence-corrected chi connectivity index (χ0v) is 8.38. The van der Waals surface area contributed by atoms with Crippen molar-refractivity contribution in [3.8, 4) is 5.75 Å². The summed E-state index contributed by atoms with van der Waals surface area (Å²) in [6.07, 6.45) is 1.69. The highest BCUT2D eigenvalue weighted by Gasteiger charge is 2.05. The van der Waals surface area contributed by atoms with E-state index in [1.165, 1.54) is 0 Å². The second kappa shape index (κ2) is 4.49. The maximum absolute atomic E-state index is 9.11. The zero-order valence-electron chi connectivity index (χ0n) is 7.63. The lowest BCUT2D eigenvalue weighted by atomic mass is 10.0. The van der Waals surface area contributed by atoms with E-state index in [4.69, 9.17) is 22.4 Å². The number of rotatable bonds is 3. The van der Waals surface area contributed by atoms with Crippen LogP contribution in [0.5, 0.6) is 5.75 Å². The van der Waals surface area contributed by atoms with Crippen molar-refractivity contribution in [2.24, 2.45) is 5.73 Å². The predicted octanol–water partition coefficient (Wildman–Crippen LogP) is 2.33. The van der Waals surface area contributed by atoms with Crippen molar-refractivity contribution in [3.05, 3.63) is 28.8 Å². The third kappa shape index (κ3) is 2.90. The molecule has 0 bridgehead atoms. The van der Waals surface area contributed by atoms with Gasteiger partial charge in [-0.15, -0.1) is 0 Å². The van der Waals surface area contributed by atoms with Crippen molar-refractivity contribution in [3.63, 3.8) is 0 Å². The Morgan fingerprint density at radius 1 is 1.54 bits per heavy atom. The molecular formula is C10H14ClNO. The number of aromatic hydroxyl groups is 1. The first kappa shape index (κ1) is 10.4. The van der Waals surface area contributed by atoms with Gasteiger partial charge in [0.05, 0.1) is 0 Å². The van der Waals surface area contributed by atoms with Crippen LogP contribution >= 0.6 is 11.6 Å². The van der Waals surface area contributed by atoms with E-state index in [0.29, 0.717) is 5.02 Å². The van der Waals surface area contributed by atoms with Gasteiger partial charge in [-0.25, -0.2) is 0 Å². The molecule has 3 N–H and O–H groups in total. The largest absolute Gasteiger partial charge is 0.508 e. The molecule has 1 aromatic rings. The average Bonchev–Trinajstić information content (AvgIpc) is 2.09. The topological polar surface area (TPSA) is 46.2 Å². The van der Waals surface area contributed by atoms with Gasteiger partial charge in [0.15, 0.2) is 0 Å². The van der Waals surface area contributed by atoms with Gasteiger partial charge < -0.3 is 10.8 Å². The fourth-order valence-electron chi connectivity index (χ4n) is 1.13. The number of nitrogens with two attached hydrogens (primary N) is 1. The Kier molecular flexibility index (Phi) is 3.58. The molecule has 0 aliphatic carbocycles. The molecule has 0 heterocycles. The van der Waals surface area contributed by atoms with Crippen LogP contribution in [0.25, 0.3) is 0 Å². The van der Waals surface area contributed by atoms with Gasteiger partial charge >= 0.3 is 0 Å². The first-order valence-electron chi connectivity index (χ1n) is 4.36. The highest BCUT2D eigenvalue weighted by atomic mass is 35.5. The number of phenolic OH excluding ortho intramolecular Hbond substituents is 1. The summed E-state index contributed by atoms with van der Waals surface area (Å²) in [6, 6.07) is 5.12. The molecule has 0 amide bonds. The molecule has 1 rings (SSSR count). The summed E-state index contributed by atoms with van der Waals surface area (Å²) < 4.78 is 0. The molecule has 13 heavy (non-hydrogen) atoms. The summed E-state index contributed by atoms with van der Waals surface area (Å²) in [5, 5.41) is 9.70. The Morgan fingerprint density at radius 3 is 2.77 bits per heavy atom. The van der Waals surface area contributed by atoms with Crippen LogP contribution in [-0.4, -0.2) is 11.1 Å². The molecule has 0 aliphatic rings. The number of hydrogen-bond donors (Lipinski definition) is 2. The van der Waals surface area contributed by atoms with Crippen LogP contribution in [0.1, 0.15) is 18.9 Å². The van der Waals surface area contributed by atoms with E-state index in [9.17, 15) is 0 Å². The van der Waals surface area contributed by atoms with Crippen LogP contribution in [0, 0.1) is 0 Å². The number of hydrogen-bond acceptors (Lipinski definition) is 2. The Labute approximate surface area is 83.3 Å².